The van der Waals surface area contributed by atoms with E-state index in [1.807, 2.05) is 19.9 Å². The summed E-state index contributed by atoms with van der Waals surface area (Å²) in [7, 11) is 0. The van der Waals surface area contributed by atoms with Gasteiger partial charge < -0.3 is 14.2 Å². The van der Waals surface area contributed by atoms with Gasteiger partial charge in [0.2, 0.25) is 0 Å². The number of halogens is 2. The molecule has 1 heterocycles. The third-order valence-corrected chi connectivity index (χ3v) is 5.53. The first-order chi connectivity index (χ1) is 16.3. The molecule has 0 aliphatic carbocycles. The first-order valence-electron chi connectivity index (χ1n) is 10.8. The fraction of sp³-hybridized carbons (Fsp3) is 0.333. The van der Waals surface area contributed by atoms with Crippen LogP contribution in [0.25, 0.3) is 10.9 Å². The SMILES string of the molecule is CCOC(=O)[C@H](C)Oc1c(Cl)cc(C=Nn2c(CC)nc3ccc(Br)cc3c2=O)cc1OCC. The summed E-state index contributed by atoms with van der Waals surface area (Å²) < 4.78 is 18.5. The van der Waals surface area contributed by atoms with E-state index in [1.54, 1.807) is 38.1 Å². The van der Waals surface area contributed by atoms with Gasteiger partial charge in [-0.15, -0.1) is 0 Å². The van der Waals surface area contributed by atoms with E-state index in [0.29, 0.717) is 41.1 Å². The number of rotatable bonds is 9. The van der Waals surface area contributed by atoms with Crippen LogP contribution < -0.4 is 15.0 Å². The summed E-state index contributed by atoms with van der Waals surface area (Å²) in [6.45, 7) is 7.61. The van der Waals surface area contributed by atoms with E-state index in [0.717, 1.165) is 4.47 Å². The quantitative estimate of drug-likeness (QED) is 0.275. The van der Waals surface area contributed by atoms with Gasteiger partial charge in [0.1, 0.15) is 5.82 Å². The first kappa shape index (κ1) is 25.7. The third kappa shape index (κ3) is 5.77. The highest BCUT2D eigenvalue weighted by atomic mass is 79.9. The number of carbonyl (C=O) groups excluding carboxylic acids is 1. The molecular weight excluding hydrogens is 526 g/mol. The van der Waals surface area contributed by atoms with Crippen molar-refractivity contribution in [2.45, 2.75) is 40.2 Å². The summed E-state index contributed by atoms with van der Waals surface area (Å²) in [6, 6.07) is 8.64. The second kappa shape index (κ2) is 11.5. The van der Waals surface area contributed by atoms with Gasteiger partial charge in [-0.2, -0.15) is 9.78 Å². The Labute approximate surface area is 210 Å². The molecule has 0 fully saturated rings. The summed E-state index contributed by atoms with van der Waals surface area (Å²) in [5.74, 6) is 0.588. The standard InChI is InChI=1S/C24H25BrClN3O5/c1-5-21-28-19-9-8-16(25)12-17(19)23(30)29(21)27-13-15-10-18(26)22(20(11-15)32-6-2)34-14(4)24(31)33-7-3/h8-14H,5-7H2,1-4H3/t14-/m0/s1. The maximum Gasteiger partial charge on any atom is 0.347 e. The Hall–Kier alpha value is -2.91. The Bertz CT molecular complexity index is 1290. The number of ether oxygens (including phenoxy) is 3. The Morgan fingerprint density at radius 1 is 1.24 bits per heavy atom. The number of benzene rings is 2. The normalized spacial score (nSPS) is 12.2. The summed E-state index contributed by atoms with van der Waals surface area (Å²) in [4.78, 5) is 29.6. The molecule has 10 heteroatoms. The van der Waals surface area contributed by atoms with Gasteiger partial charge in [0.15, 0.2) is 17.6 Å². The molecule has 1 atom stereocenters. The Morgan fingerprint density at radius 3 is 2.68 bits per heavy atom. The van der Waals surface area contributed by atoms with Crippen molar-refractivity contribution in [3.8, 4) is 11.5 Å². The van der Waals surface area contributed by atoms with Crippen molar-refractivity contribution < 1.29 is 19.0 Å². The van der Waals surface area contributed by atoms with Crippen LogP contribution in [0.5, 0.6) is 11.5 Å². The van der Waals surface area contributed by atoms with Crippen LogP contribution in [0.1, 0.15) is 39.1 Å². The molecule has 3 aromatic rings. The van der Waals surface area contributed by atoms with E-state index < -0.39 is 12.1 Å². The van der Waals surface area contributed by atoms with Crippen LogP contribution in [0.3, 0.4) is 0 Å². The van der Waals surface area contributed by atoms with Gasteiger partial charge in [0.05, 0.1) is 35.4 Å². The van der Waals surface area contributed by atoms with Gasteiger partial charge >= 0.3 is 5.97 Å². The molecule has 0 saturated carbocycles. The summed E-state index contributed by atoms with van der Waals surface area (Å²) >= 11 is 9.85. The zero-order valence-electron chi connectivity index (χ0n) is 19.3. The summed E-state index contributed by atoms with van der Waals surface area (Å²) in [5.41, 5.74) is 0.905. The monoisotopic (exact) mass is 549 g/mol. The molecule has 2 aromatic carbocycles. The van der Waals surface area contributed by atoms with E-state index in [9.17, 15) is 9.59 Å². The molecule has 0 aliphatic heterocycles. The van der Waals surface area contributed by atoms with Crippen molar-refractivity contribution in [3.63, 3.8) is 0 Å². The topological polar surface area (TPSA) is 92.0 Å². The molecule has 0 amide bonds. The highest BCUT2D eigenvalue weighted by Crippen LogP contribution is 2.37. The van der Waals surface area contributed by atoms with Gasteiger partial charge in [-0.05, 0) is 56.7 Å². The Balaban J connectivity index is 2.00. The van der Waals surface area contributed by atoms with Crippen LogP contribution in [-0.2, 0) is 16.0 Å². The molecule has 0 unspecified atom stereocenters. The lowest BCUT2D eigenvalue weighted by atomic mass is 10.2. The van der Waals surface area contributed by atoms with Gasteiger partial charge in [0, 0.05) is 10.9 Å². The first-order valence-corrected chi connectivity index (χ1v) is 12.0. The van der Waals surface area contributed by atoms with Crippen LogP contribution in [0, 0.1) is 0 Å². The molecule has 8 nitrogen and oxygen atoms in total. The van der Waals surface area contributed by atoms with Gasteiger partial charge in [0.25, 0.3) is 5.56 Å². The van der Waals surface area contributed by atoms with Crippen LogP contribution in [0.15, 0.2) is 44.7 Å². The second-order valence-electron chi connectivity index (χ2n) is 7.18. The van der Waals surface area contributed by atoms with Crippen molar-refractivity contribution in [2.24, 2.45) is 5.10 Å². The average Bonchev–Trinajstić information content (AvgIpc) is 2.81. The number of aryl methyl sites for hydroxylation is 1. The maximum atomic E-state index is 13.1. The number of aromatic nitrogens is 2. The van der Waals surface area contributed by atoms with Crippen LogP contribution >= 0.6 is 27.5 Å². The fourth-order valence-corrected chi connectivity index (χ4v) is 3.82. The largest absolute Gasteiger partial charge is 0.490 e. The molecule has 0 saturated heterocycles. The number of hydrogen-bond donors (Lipinski definition) is 0. The smallest absolute Gasteiger partial charge is 0.347 e. The minimum Gasteiger partial charge on any atom is -0.490 e. The van der Waals surface area contributed by atoms with Gasteiger partial charge in [-0.3, -0.25) is 4.79 Å². The molecule has 0 N–H and O–H groups in total. The van der Waals surface area contributed by atoms with E-state index in [2.05, 4.69) is 26.0 Å². The number of hydrogen-bond acceptors (Lipinski definition) is 7. The zero-order valence-corrected chi connectivity index (χ0v) is 21.6. The Kier molecular flexibility index (Phi) is 8.68. The van der Waals surface area contributed by atoms with Gasteiger partial charge in [-0.25, -0.2) is 9.78 Å². The second-order valence-corrected chi connectivity index (χ2v) is 8.50. The molecule has 0 bridgehead atoms. The minimum atomic E-state index is -0.870. The zero-order chi connectivity index (χ0) is 24.8. The van der Waals surface area contributed by atoms with Crippen molar-refractivity contribution in [2.75, 3.05) is 13.2 Å². The lowest BCUT2D eigenvalue weighted by Gasteiger charge is -2.18. The fourth-order valence-electron chi connectivity index (χ4n) is 3.19. The minimum absolute atomic E-state index is 0.227. The molecule has 0 aliphatic rings. The lowest BCUT2D eigenvalue weighted by molar-refractivity contribution is -0.150. The van der Waals surface area contributed by atoms with Crippen LogP contribution in [0.2, 0.25) is 5.02 Å². The highest BCUT2D eigenvalue weighted by molar-refractivity contribution is 9.10. The Morgan fingerprint density at radius 2 is 2.00 bits per heavy atom. The molecule has 34 heavy (non-hydrogen) atoms. The highest BCUT2D eigenvalue weighted by Gasteiger charge is 2.21. The molecule has 180 valence electrons. The maximum absolute atomic E-state index is 13.1. The lowest BCUT2D eigenvalue weighted by Crippen LogP contribution is -2.26. The van der Waals surface area contributed by atoms with Crippen LogP contribution in [-0.4, -0.2) is 41.2 Å². The van der Waals surface area contributed by atoms with Gasteiger partial charge in [-0.1, -0.05) is 34.5 Å². The molecular formula is C24H25BrClN3O5. The van der Waals surface area contributed by atoms with E-state index >= 15 is 0 Å². The molecule has 0 radical (unpaired) electrons. The van der Waals surface area contributed by atoms with E-state index in [-0.39, 0.29) is 22.9 Å². The number of fused-ring (bicyclic) bond motifs is 1. The summed E-state index contributed by atoms with van der Waals surface area (Å²) in [6.07, 6.45) is 1.14. The number of carbonyl (C=O) groups is 1. The average molecular weight is 551 g/mol. The predicted octanol–water partition coefficient (Wildman–Crippen LogP) is 4.99. The number of esters is 1. The van der Waals surface area contributed by atoms with Crippen molar-refractivity contribution in [3.05, 3.63) is 61.6 Å². The molecule has 3 rings (SSSR count). The van der Waals surface area contributed by atoms with Crippen molar-refractivity contribution in [1.82, 2.24) is 9.66 Å². The third-order valence-electron chi connectivity index (χ3n) is 4.76. The molecule has 1 aromatic heterocycles. The van der Waals surface area contributed by atoms with Crippen molar-refractivity contribution >= 4 is 50.6 Å². The molecule has 0 spiro atoms. The van der Waals surface area contributed by atoms with Crippen molar-refractivity contribution in [1.29, 1.82) is 0 Å². The van der Waals surface area contributed by atoms with E-state index in [4.69, 9.17) is 25.8 Å². The van der Waals surface area contributed by atoms with Crippen LogP contribution in [0.4, 0.5) is 0 Å². The number of nitrogens with zero attached hydrogens (tertiary/aromatic N) is 3. The predicted molar refractivity (Wildman–Crippen MR) is 135 cm³/mol. The summed E-state index contributed by atoms with van der Waals surface area (Å²) in [5, 5.41) is 5.07. The van der Waals surface area contributed by atoms with E-state index in [1.165, 1.54) is 10.9 Å².